The van der Waals surface area contributed by atoms with Gasteiger partial charge in [0.1, 0.15) is 5.54 Å². The molecular formula is C18H23N3O2. The Morgan fingerprint density at radius 1 is 1.39 bits per heavy atom. The van der Waals surface area contributed by atoms with Gasteiger partial charge in [0, 0.05) is 6.20 Å². The summed E-state index contributed by atoms with van der Waals surface area (Å²) < 4.78 is 1.80. The van der Waals surface area contributed by atoms with Gasteiger partial charge in [-0.1, -0.05) is 24.3 Å². The molecule has 1 heterocycles. The van der Waals surface area contributed by atoms with E-state index in [0.717, 1.165) is 17.7 Å². The zero-order valence-corrected chi connectivity index (χ0v) is 13.8. The van der Waals surface area contributed by atoms with E-state index in [4.69, 9.17) is 0 Å². The van der Waals surface area contributed by atoms with Crippen LogP contribution in [0.25, 0.3) is 0 Å². The average Bonchev–Trinajstić information content (AvgIpc) is 2.97. The summed E-state index contributed by atoms with van der Waals surface area (Å²) in [5.41, 5.74) is 2.30. The van der Waals surface area contributed by atoms with Gasteiger partial charge in [0.2, 0.25) is 5.91 Å². The van der Waals surface area contributed by atoms with Crippen molar-refractivity contribution >= 4 is 5.91 Å². The number of rotatable bonds is 3. The van der Waals surface area contributed by atoms with Crippen LogP contribution in [0.3, 0.4) is 0 Å². The van der Waals surface area contributed by atoms with Crippen molar-refractivity contribution in [1.29, 1.82) is 0 Å². The van der Waals surface area contributed by atoms with Gasteiger partial charge in [0.25, 0.3) is 0 Å². The Morgan fingerprint density at radius 2 is 2.13 bits per heavy atom. The van der Waals surface area contributed by atoms with E-state index in [2.05, 4.69) is 16.4 Å². The van der Waals surface area contributed by atoms with Crippen molar-refractivity contribution in [3.05, 3.63) is 53.6 Å². The van der Waals surface area contributed by atoms with E-state index >= 15 is 0 Å². The molecule has 5 heteroatoms. The topological polar surface area (TPSA) is 67.2 Å². The third-order valence-corrected chi connectivity index (χ3v) is 4.68. The molecule has 2 atom stereocenters. The highest BCUT2D eigenvalue weighted by Gasteiger charge is 2.35. The second-order valence-electron chi connectivity index (χ2n) is 6.74. The number of benzene rings is 1. The predicted octanol–water partition coefficient (Wildman–Crippen LogP) is 2.09. The first kappa shape index (κ1) is 15.7. The predicted molar refractivity (Wildman–Crippen MR) is 87.9 cm³/mol. The Hall–Kier alpha value is -2.14. The van der Waals surface area contributed by atoms with E-state index in [9.17, 15) is 9.90 Å². The number of nitrogens with zero attached hydrogens (tertiary/aromatic N) is 2. The van der Waals surface area contributed by atoms with Gasteiger partial charge >= 0.3 is 0 Å². The Morgan fingerprint density at radius 3 is 2.83 bits per heavy atom. The maximum Gasteiger partial charge on any atom is 0.246 e. The van der Waals surface area contributed by atoms with Gasteiger partial charge < -0.3 is 15.0 Å². The number of carbonyl (C=O) groups excluding carboxylic acids is 1. The number of fused-ring (bicyclic) bond motifs is 1. The standard InChI is InChI=1S/C18H23N3O2/c1-12-10-21(11-19-12)18(2,3)17(23)20-16-14-7-5-4-6-13(14)8-9-15(16)22/h4-7,10-11,15-16,22H,8-9H2,1-3H3,(H,20,23)/t15-,16+/m1/s1. The lowest BCUT2D eigenvalue weighted by Gasteiger charge is -2.34. The van der Waals surface area contributed by atoms with Crippen molar-refractivity contribution in [3.63, 3.8) is 0 Å². The van der Waals surface area contributed by atoms with Crippen molar-refractivity contribution in [1.82, 2.24) is 14.9 Å². The van der Waals surface area contributed by atoms with Gasteiger partial charge in [-0.05, 0) is 44.7 Å². The molecule has 1 aromatic heterocycles. The quantitative estimate of drug-likeness (QED) is 0.912. The van der Waals surface area contributed by atoms with E-state index in [-0.39, 0.29) is 11.9 Å². The van der Waals surface area contributed by atoms with Gasteiger partial charge in [0.15, 0.2) is 0 Å². The highest BCUT2D eigenvalue weighted by Crippen LogP contribution is 2.31. The Labute approximate surface area is 136 Å². The minimum absolute atomic E-state index is 0.129. The van der Waals surface area contributed by atoms with Gasteiger partial charge in [0.05, 0.1) is 24.2 Å². The fourth-order valence-electron chi connectivity index (χ4n) is 3.08. The molecular weight excluding hydrogens is 290 g/mol. The molecule has 2 aromatic rings. The van der Waals surface area contributed by atoms with Crippen LogP contribution < -0.4 is 5.32 Å². The largest absolute Gasteiger partial charge is 0.391 e. The maximum absolute atomic E-state index is 12.8. The van der Waals surface area contributed by atoms with E-state index in [1.165, 1.54) is 5.56 Å². The van der Waals surface area contributed by atoms with Crippen LogP contribution in [0.15, 0.2) is 36.8 Å². The second kappa shape index (κ2) is 5.81. The number of aliphatic hydroxyl groups is 1. The molecule has 3 rings (SSSR count). The molecule has 2 N–H and O–H groups in total. The molecule has 0 bridgehead atoms. The molecule has 0 spiro atoms. The van der Waals surface area contributed by atoms with Crippen molar-refractivity contribution in [2.45, 2.75) is 51.3 Å². The molecule has 0 unspecified atom stereocenters. The van der Waals surface area contributed by atoms with Crippen LogP contribution in [-0.4, -0.2) is 26.7 Å². The number of carbonyl (C=O) groups is 1. The summed E-state index contributed by atoms with van der Waals surface area (Å²) in [4.78, 5) is 17.0. The first-order valence-electron chi connectivity index (χ1n) is 7.97. The molecule has 0 radical (unpaired) electrons. The molecule has 122 valence electrons. The van der Waals surface area contributed by atoms with Gasteiger partial charge in [-0.3, -0.25) is 4.79 Å². The van der Waals surface area contributed by atoms with Crippen molar-refractivity contribution in [2.75, 3.05) is 0 Å². The van der Waals surface area contributed by atoms with E-state index in [0.29, 0.717) is 6.42 Å². The van der Waals surface area contributed by atoms with Gasteiger partial charge in [-0.15, -0.1) is 0 Å². The van der Waals surface area contributed by atoms with Gasteiger partial charge in [-0.25, -0.2) is 4.98 Å². The molecule has 0 fully saturated rings. The van der Waals surface area contributed by atoms with Crippen LogP contribution in [0, 0.1) is 6.92 Å². The molecule has 0 saturated heterocycles. The summed E-state index contributed by atoms with van der Waals surface area (Å²) in [5.74, 6) is -0.129. The lowest BCUT2D eigenvalue weighted by Crippen LogP contribution is -2.48. The molecule has 23 heavy (non-hydrogen) atoms. The molecule has 1 aliphatic carbocycles. The van der Waals surface area contributed by atoms with Crippen molar-refractivity contribution in [2.24, 2.45) is 0 Å². The highest BCUT2D eigenvalue weighted by molar-refractivity contribution is 5.84. The summed E-state index contributed by atoms with van der Waals surface area (Å²) in [5, 5.41) is 13.4. The first-order chi connectivity index (χ1) is 10.9. The Bertz CT molecular complexity index is 721. The Balaban J connectivity index is 1.85. The smallest absolute Gasteiger partial charge is 0.246 e. The van der Waals surface area contributed by atoms with Gasteiger partial charge in [-0.2, -0.15) is 0 Å². The summed E-state index contributed by atoms with van der Waals surface area (Å²) in [7, 11) is 0. The summed E-state index contributed by atoms with van der Waals surface area (Å²) in [6.07, 6.45) is 4.46. The SMILES string of the molecule is Cc1cn(C(C)(C)C(=O)N[C@H]2c3ccccc3CC[C@H]2O)cn1. The number of aromatic nitrogens is 2. The van der Waals surface area contributed by atoms with Crippen LogP contribution in [0.2, 0.25) is 0 Å². The van der Waals surface area contributed by atoms with Crippen molar-refractivity contribution in [3.8, 4) is 0 Å². The lowest BCUT2D eigenvalue weighted by atomic mass is 9.85. The first-order valence-corrected chi connectivity index (χ1v) is 7.97. The van der Waals surface area contributed by atoms with Crippen LogP contribution >= 0.6 is 0 Å². The number of aliphatic hydroxyl groups excluding tert-OH is 1. The Kier molecular flexibility index (Phi) is 3.98. The van der Waals surface area contributed by atoms with Crippen LogP contribution in [0.4, 0.5) is 0 Å². The average molecular weight is 313 g/mol. The van der Waals surface area contributed by atoms with E-state index in [1.54, 1.807) is 10.9 Å². The fraction of sp³-hybridized carbons (Fsp3) is 0.444. The number of nitrogens with one attached hydrogen (secondary N) is 1. The monoisotopic (exact) mass is 313 g/mol. The maximum atomic E-state index is 12.8. The molecule has 5 nitrogen and oxygen atoms in total. The summed E-state index contributed by atoms with van der Waals surface area (Å²) >= 11 is 0. The van der Waals surface area contributed by atoms with Crippen LogP contribution in [-0.2, 0) is 16.8 Å². The number of aryl methyl sites for hydroxylation is 2. The molecule has 0 saturated carbocycles. The molecule has 1 amide bonds. The number of hydrogen-bond donors (Lipinski definition) is 2. The molecule has 0 aliphatic heterocycles. The minimum atomic E-state index is -0.770. The zero-order valence-electron chi connectivity index (χ0n) is 13.8. The number of amides is 1. The second-order valence-corrected chi connectivity index (χ2v) is 6.74. The fourth-order valence-corrected chi connectivity index (χ4v) is 3.08. The normalized spacial score (nSPS) is 20.9. The van der Waals surface area contributed by atoms with Crippen LogP contribution in [0.1, 0.15) is 43.1 Å². The highest BCUT2D eigenvalue weighted by atomic mass is 16.3. The number of hydrogen-bond acceptors (Lipinski definition) is 3. The minimum Gasteiger partial charge on any atom is -0.391 e. The third kappa shape index (κ3) is 2.88. The van der Waals surface area contributed by atoms with E-state index in [1.807, 2.05) is 45.2 Å². The lowest BCUT2D eigenvalue weighted by molar-refractivity contribution is -0.130. The zero-order chi connectivity index (χ0) is 16.6. The molecule has 1 aliphatic rings. The molecule has 1 aromatic carbocycles. The van der Waals surface area contributed by atoms with Crippen LogP contribution in [0.5, 0.6) is 0 Å². The van der Waals surface area contributed by atoms with Crippen molar-refractivity contribution < 1.29 is 9.90 Å². The third-order valence-electron chi connectivity index (χ3n) is 4.68. The number of imidazole rings is 1. The summed E-state index contributed by atoms with van der Waals surface area (Å²) in [6.45, 7) is 5.60. The summed E-state index contributed by atoms with van der Waals surface area (Å²) in [6, 6.07) is 7.62. The van der Waals surface area contributed by atoms with E-state index < -0.39 is 11.6 Å².